The molecular formula is C60H82Cl2N10O8S2. The van der Waals surface area contributed by atoms with Crippen molar-refractivity contribution in [2.45, 2.75) is 165 Å². The van der Waals surface area contributed by atoms with Crippen molar-refractivity contribution in [2.24, 2.45) is 22.7 Å². The van der Waals surface area contributed by atoms with Gasteiger partial charge in [0.15, 0.2) is 0 Å². The minimum atomic E-state index is -0.826. The van der Waals surface area contributed by atoms with E-state index in [1.54, 1.807) is 61.3 Å². The molecule has 8 N–H and O–H groups in total. The van der Waals surface area contributed by atoms with E-state index in [1.807, 2.05) is 100 Å². The molecule has 18 nitrogen and oxygen atoms in total. The van der Waals surface area contributed by atoms with Gasteiger partial charge in [0, 0.05) is 13.1 Å². The van der Waals surface area contributed by atoms with Gasteiger partial charge < -0.3 is 52.3 Å². The van der Waals surface area contributed by atoms with Gasteiger partial charge in [-0.25, -0.2) is 0 Å². The normalized spacial score (nSPS) is 27.6. The maximum Gasteiger partial charge on any atom is 0.246 e. The number of aryl methyl sites for hydroxylation is 2. The van der Waals surface area contributed by atoms with Crippen LogP contribution in [-0.4, -0.2) is 130 Å². The Morgan fingerprint density at radius 3 is 1.27 bits per heavy atom. The fourth-order valence-corrected chi connectivity index (χ4v) is 16.0. The molecule has 0 aromatic heterocycles. The van der Waals surface area contributed by atoms with Crippen molar-refractivity contribution in [3.05, 3.63) is 106 Å². The molecule has 0 radical (unpaired) electrons. The van der Waals surface area contributed by atoms with Gasteiger partial charge in [0.25, 0.3) is 0 Å². The van der Waals surface area contributed by atoms with E-state index in [4.69, 9.17) is 0 Å². The van der Waals surface area contributed by atoms with Crippen molar-refractivity contribution in [1.29, 1.82) is 0 Å². The predicted molar refractivity (Wildman–Crippen MR) is 324 cm³/mol. The Morgan fingerprint density at radius 1 is 0.537 bits per heavy atom. The van der Waals surface area contributed by atoms with Gasteiger partial charge in [0.1, 0.15) is 24.2 Å². The van der Waals surface area contributed by atoms with Crippen molar-refractivity contribution >= 4 is 95.6 Å². The van der Waals surface area contributed by atoms with Gasteiger partial charge in [0.2, 0.25) is 47.3 Å². The van der Waals surface area contributed by atoms with Crippen molar-refractivity contribution in [2.75, 3.05) is 25.6 Å². The van der Waals surface area contributed by atoms with Crippen LogP contribution in [0.4, 0.5) is 0 Å². The Labute approximate surface area is 503 Å². The van der Waals surface area contributed by atoms with Crippen LogP contribution in [0.15, 0.2) is 72.8 Å². The summed E-state index contributed by atoms with van der Waals surface area (Å²) in [6.45, 7) is 11.9. The number of hydrogen-bond acceptors (Lipinski definition) is 12. The van der Waals surface area contributed by atoms with Crippen molar-refractivity contribution < 1.29 is 38.4 Å². The summed E-state index contributed by atoms with van der Waals surface area (Å²) < 4.78 is 0. The largest absolute Gasteiger partial charge is 0.352 e. The Bertz CT molecular complexity index is 2670. The standard InChI is InChI=1S/C60H80N10O8S2.2ClH/c1-33(61-7)51(71)65-43-25-27-79-45-29-59(3,4)49(69(45)57(43)77)55(75)67-47-39-15-11-9-13-37(39)21-23-41(47)53(73)63-31-35-17-19-36(20-18-35)32-64-54(74)42-24-22-38-14-10-12-16-40(38)48(42)68-56(76)50-60(5,6)30-46-70(50)58(78)44(26-28-80-46)66-52(72)34(2)62-8;;/h9-20,33-34,41-50,61-62H,21-32H2,1-8H3,(H,63,73)(H,64,74)(H,65,71)(H,66,72)(H,67,75)(H,68,76);2*1H/t33?,34?,41-,42-,43+,44+,45+,46+,47+,48+,49-,50-;;/m1../s1. The first-order chi connectivity index (χ1) is 38.2. The first-order valence-corrected chi connectivity index (χ1v) is 30.5. The molecule has 82 heavy (non-hydrogen) atoms. The minimum absolute atomic E-state index is 0. The van der Waals surface area contributed by atoms with E-state index in [9.17, 15) is 38.4 Å². The summed E-state index contributed by atoms with van der Waals surface area (Å²) in [5.41, 5.74) is 4.37. The molecule has 9 rings (SSSR count). The van der Waals surface area contributed by atoms with Gasteiger partial charge in [-0.3, -0.25) is 38.4 Å². The second-order valence-corrected chi connectivity index (χ2v) is 26.5. The molecule has 4 aliphatic heterocycles. The number of likely N-dealkylation sites (N-methyl/N-ethyl adjacent to an activating group) is 2. The monoisotopic (exact) mass is 1200 g/mol. The molecule has 0 bridgehead atoms. The number of hydrogen-bond donors (Lipinski definition) is 8. The van der Waals surface area contributed by atoms with Crippen LogP contribution in [0.5, 0.6) is 0 Å². The zero-order valence-electron chi connectivity index (χ0n) is 48.1. The highest BCUT2D eigenvalue weighted by molar-refractivity contribution is 8.00. The second kappa shape index (κ2) is 27.1. The maximum atomic E-state index is 14.8. The molecule has 3 aromatic rings. The third kappa shape index (κ3) is 13.6. The lowest BCUT2D eigenvalue weighted by Gasteiger charge is -2.38. The number of fused-ring (bicyclic) bond motifs is 4. The molecule has 2 unspecified atom stereocenters. The van der Waals surface area contributed by atoms with Gasteiger partial charge >= 0.3 is 0 Å². The minimum Gasteiger partial charge on any atom is -0.352 e. The third-order valence-corrected chi connectivity index (χ3v) is 20.1. The molecule has 22 heteroatoms. The average Bonchev–Trinajstić information content (AvgIpc) is 4.00. The summed E-state index contributed by atoms with van der Waals surface area (Å²) in [7, 11) is 3.38. The van der Waals surface area contributed by atoms with E-state index in [2.05, 4.69) is 42.5 Å². The Hall–Kier alpha value is -5.38. The first-order valence-electron chi connectivity index (χ1n) is 28.4. The molecule has 8 amide bonds. The summed E-state index contributed by atoms with van der Waals surface area (Å²) in [4.78, 5) is 116. The Morgan fingerprint density at radius 2 is 0.902 bits per heavy atom. The zero-order valence-corrected chi connectivity index (χ0v) is 51.4. The van der Waals surface area contributed by atoms with Crippen molar-refractivity contribution in [3.63, 3.8) is 0 Å². The van der Waals surface area contributed by atoms with Crippen LogP contribution in [0.25, 0.3) is 0 Å². The average molecular weight is 1210 g/mol. The fourth-order valence-electron chi connectivity index (χ4n) is 12.9. The highest BCUT2D eigenvalue weighted by Gasteiger charge is 2.57. The van der Waals surface area contributed by atoms with Crippen LogP contribution in [0.1, 0.15) is 126 Å². The van der Waals surface area contributed by atoms with Gasteiger partial charge in [-0.05, 0) is 135 Å². The lowest BCUT2D eigenvalue weighted by Crippen LogP contribution is -2.58. The molecule has 0 saturated carbocycles. The molecule has 12 atom stereocenters. The van der Waals surface area contributed by atoms with Crippen LogP contribution in [0.3, 0.4) is 0 Å². The zero-order chi connectivity index (χ0) is 57.2. The number of carbonyl (C=O) groups excluding carboxylic acids is 8. The fraction of sp³-hybridized carbons (Fsp3) is 0.567. The highest BCUT2D eigenvalue weighted by atomic mass is 35.5. The van der Waals surface area contributed by atoms with E-state index >= 15 is 0 Å². The lowest BCUT2D eigenvalue weighted by molar-refractivity contribution is -0.144. The Kier molecular flexibility index (Phi) is 21.2. The quantitative estimate of drug-likeness (QED) is 0.0950. The van der Waals surface area contributed by atoms with E-state index in [1.165, 1.54) is 0 Å². The number of amides is 8. The summed E-state index contributed by atoms with van der Waals surface area (Å²) in [5, 5.41) is 24.1. The SMILES string of the molecule is CNC(C)C(=O)N[C@H]1CCS[C@H]2CC(C)(C)[C@@H](C(=O)N[C@H]3c4ccccc4CC[C@H]3C(=O)NCc3ccc(CNC(=O)[C@@H]4CCc5ccccc5[C@@H]4NC(=O)[C@H]4N5C(=O)[C@@H](NC(=O)C(C)NC)CCS[C@H]5CC4(C)C)cc3)N2C1=O.Cl.Cl. The predicted octanol–water partition coefficient (Wildman–Crippen LogP) is 4.97. The number of nitrogens with one attached hydrogen (secondary N) is 8. The van der Waals surface area contributed by atoms with Gasteiger partial charge in [-0.2, -0.15) is 0 Å². The van der Waals surface area contributed by atoms with Crippen LogP contribution in [-0.2, 0) is 64.3 Å². The van der Waals surface area contributed by atoms with E-state index in [0.717, 1.165) is 33.4 Å². The number of halogens is 2. The highest BCUT2D eigenvalue weighted by Crippen LogP contribution is 2.49. The van der Waals surface area contributed by atoms with E-state index in [-0.39, 0.29) is 95.9 Å². The lowest BCUT2D eigenvalue weighted by atomic mass is 9.78. The van der Waals surface area contributed by atoms with Crippen LogP contribution < -0.4 is 42.5 Å². The molecule has 4 saturated heterocycles. The smallest absolute Gasteiger partial charge is 0.246 e. The topological polar surface area (TPSA) is 239 Å². The number of carbonyl (C=O) groups is 8. The maximum absolute atomic E-state index is 14.8. The molecular weight excluding hydrogens is 1120 g/mol. The third-order valence-electron chi connectivity index (χ3n) is 17.6. The van der Waals surface area contributed by atoms with Gasteiger partial charge in [0.05, 0.1) is 46.8 Å². The molecule has 4 fully saturated rings. The second-order valence-electron chi connectivity index (χ2n) is 24.0. The number of nitrogens with zero attached hydrogens (tertiary/aromatic N) is 2. The number of benzene rings is 3. The van der Waals surface area contributed by atoms with Gasteiger partial charge in [-0.15, -0.1) is 48.3 Å². The summed E-state index contributed by atoms with van der Waals surface area (Å²) in [6.07, 6.45) is 4.45. The van der Waals surface area contributed by atoms with Crippen molar-refractivity contribution in [1.82, 2.24) is 52.3 Å². The number of thioether (sulfide) groups is 2. The molecule has 4 heterocycles. The molecule has 3 aromatic carbocycles. The molecule has 6 aliphatic rings. The molecule has 2 aliphatic carbocycles. The van der Waals surface area contributed by atoms with E-state index < -0.39 is 71.0 Å². The summed E-state index contributed by atoms with van der Waals surface area (Å²) in [5.74, 6) is -2.04. The Balaban J connectivity index is 0.00000484. The molecule has 446 valence electrons. The molecule has 0 spiro atoms. The van der Waals surface area contributed by atoms with Crippen LogP contribution in [0.2, 0.25) is 0 Å². The number of rotatable bonds is 16. The van der Waals surface area contributed by atoms with Crippen LogP contribution in [0, 0.1) is 22.7 Å². The van der Waals surface area contributed by atoms with Crippen molar-refractivity contribution in [3.8, 4) is 0 Å². The first kappa shape index (κ1) is 64.2. The van der Waals surface area contributed by atoms with Crippen LogP contribution >= 0.6 is 48.3 Å². The van der Waals surface area contributed by atoms with E-state index in [0.29, 0.717) is 62.9 Å². The van der Waals surface area contributed by atoms with Gasteiger partial charge in [-0.1, -0.05) is 100 Å². The summed E-state index contributed by atoms with van der Waals surface area (Å²) in [6, 6.07) is 17.9. The summed E-state index contributed by atoms with van der Waals surface area (Å²) >= 11 is 3.27.